The van der Waals surface area contributed by atoms with Gasteiger partial charge in [0, 0.05) is 37.4 Å². The number of aryl methyl sites for hydroxylation is 1. The monoisotopic (exact) mass is 236 g/mol. The summed E-state index contributed by atoms with van der Waals surface area (Å²) >= 11 is 0. The molecule has 4 nitrogen and oxygen atoms in total. The minimum atomic E-state index is 0.264. The van der Waals surface area contributed by atoms with E-state index in [0.717, 1.165) is 26.2 Å². The molecular weight excluding hydrogens is 212 g/mol. The highest BCUT2D eigenvalue weighted by Gasteiger charge is 2.27. The Morgan fingerprint density at radius 2 is 2.24 bits per heavy atom. The summed E-state index contributed by atoms with van der Waals surface area (Å²) in [5, 5.41) is 7.93. The molecule has 0 aromatic carbocycles. The van der Waals surface area contributed by atoms with Crippen LogP contribution in [0.3, 0.4) is 0 Å². The maximum atomic E-state index is 4.36. The minimum absolute atomic E-state index is 0.264. The van der Waals surface area contributed by atoms with Crippen molar-refractivity contribution < 1.29 is 0 Å². The van der Waals surface area contributed by atoms with Gasteiger partial charge < -0.3 is 5.32 Å². The van der Waals surface area contributed by atoms with E-state index in [1.165, 1.54) is 5.56 Å². The van der Waals surface area contributed by atoms with Crippen LogP contribution in [-0.2, 0) is 6.54 Å². The topological polar surface area (TPSA) is 33.1 Å². The Kier molecular flexibility index (Phi) is 3.54. The highest BCUT2D eigenvalue weighted by molar-refractivity contribution is 5.00. The molecular formula is C13H24N4. The number of piperazine rings is 1. The van der Waals surface area contributed by atoms with E-state index in [1.807, 2.05) is 10.9 Å². The summed E-state index contributed by atoms with van der Waals surface area (Å²) < 4.78 is 2.04. The molecule has 2 rings (SSSR count). The molecule has 2 heterocycles. The zero-order valence-electron chi connectivity index (χ0n) is 11.4. The molecule has 17 heavy (non-hydrogen) atoms. The van der Waals surface area contributed by atoms with E-state index >= 15 is 0 Å². The van der Waals surface area contributed by atoms with Crippen molar-refractivity contribution in [2.45, 2.75) is 45.8 Å². The first-order valence-electron chi connectivity index (χ1n) is 6.42. The summed E-state index contributed by atoms with van der Waals surface area (Å²) in [6.45, 7) is 13.2. The largest absolute Gasteiger partial charge is 0.310 e. The standard InChI is InChI=1S/C13H24N4/c1-11-7-15-17(8-11)10-12-9-16(6-5-14-12)13(2,3)4/h7-8,12,14H,5-6,9-10H2,1-4H3/t12-/m0/s1. The molecule has 1 saturated heterocycles. The number of aromatic nitrogens is 2. The molecule has 0 spiro atoms. The van der Waals surface area contributed by atoms with Crippen LogP contribution in [-0.4, -0.2) is 45.9 Å². The number of rotatable bonds is 2. The van der Waals surface area contributed by atoms with Crippen molar-refractivity contribution in [2.75, 3.05) is 19.6 Å². The third-order valence-electron chi connectivity index (χ3n) is 3.37. The van der Waals surface area contributed by atoms with E-state index in [1.54, 1.807) is 0 Å². The summed E-state index contributed by atoms with van der Waals surface area (Å²) in [4.78, 5) is 2.55. The van der Waals surface area contributed by atoms with Gasteiger partial charge in [0.25, 0.3) is 0 Å². The van der Waals surface area contributed by atoms with Gasteiger partial charge in [0.2, 0.25) is 0 Å². The Bertz CT molecular complexity index is 364. The summed E-state index contributed by atoms with van der Waals surface area (Å²) in [6, 6.07) is 0.502. The normalized spacial score (nSPS) is 22.9. The van der Waals surface area contributed by atoms with Gasteiger partial charge in [-0.15, -0.1) is 0 Å². The average molecular weight is 236 g/mol. The molecule has 0 radical (unpaired) electrons. The molecule has 1 aromatic heterocycles. The number of hydrogen-bond donors (Lipinski definition) is 1. The van der Waals surface area contributed by atoms with Crippen LogP contribution in [0.1, 0.15) is 26.3 Å². The van der Waals surface area contributed by atoms with Crippen LogP contribution < -0.4 is 5.32 Å². The van der Waals surface area contributed by atoms with Crippen molar-refractivity contribution in [1.82, 2.24) is 20.0 Å². The van der Waals surface area contributed by atoms with Crippen molar-refractivity contribution in [1.29, 1.82) is 0 Å². The lowest BCUT2D eigenvalue weighted by molar-refractivity contribution is 0.0902. The van der Waals surface area contributed by atoms with Crippen LogP contribution in [0.2, 0.25) is 0 Å². The fraction of sp³-hybridized carbons (Fsp3) is 0.769. The summed E-state index contributed by atoms with van der Waals surface area (Å²) in [5.74, 6) is 0. The van der Waals surface area contributed by atoms with Gasteiger partial charge in [-0.1, -0.05) is 0 Å². The second kappa shape index (κ2) is 4.78. The molecule has 0 bridgehead atoms. The van der Waals surface area contributed by atoms with E-state index in [9.17, 15) is 0 Å². The van der Waals surface area contributed by atoms with Gasteiger partial charge in [-0.05, 0) is 33.3 Å². The van der Waals surface area contributed by atoms with Gasteiger partial charge in [-0.3, -0.25) is 9.58 Å². The molecule has 1 aromatic rings. The molecule has 0 unspecified atom stereocenters. The van der Waals surface area contributed by atoms with Crippen molar-refractivity contribution in [3.05, 3.63) is 18.0 Å². The number of hydrogen-bond acceptors (Lipinski definition) is 3. The van der Waals surface area contributed by atoms with Crippen LogP contribution in [0, 0.1) is 6.92 Å². The molecule has 1 N–H and O–H groups in total. The van der Waals surface area contributed by atoms with Gasteiger partial charge in [-0.2, -0.15) is 5.10 Å². The first kappa shape index (κ1) is 12.6. The molecule has 1 atom stereocenters. The second-order valence-electron chi connectivity index (χ2n) is 6.01. The maximum absolute atomic E-state index is 4.36. The van der Waals surface area contributed by atoms with E-state index in [0.29, 0.717) is 6.04 Å². The maximum Gasteiger partial charge on any atom is 0.0575 e. The quantitative estimate of drug-likeness (QED) is 0.839. The minimum Gasteiger partial charge on any atom is -0.310 e. The Balaban J connectivity index is 1.94. The van der Waals surface area contributed by atoms with Crippen molar-refractivity contribution >= 4 is 0 Å². The molecule has 4 heteroatoms. The summed E-state index contributed by atoms with van der Waals surface area (Å²) in [5.41, 5.74) is 1.49. The Morgan fingerprint density at radius 3 is 2.82 bits per heavy atom. The summed E-state index contributed by atoms with van der Waals surface area (Å²) in [7, 11) is 0. The predicted octanol–water partition coefficient (Wildman–Crippen LogP) is 1.26. The molecule has 0 aliphatic carbocycles. The smallest absolute Gasteiger partial charge is 0.0575 e. The zero-order valence-corrected chi connectivity index (χ0v) is 11.4. The van der Waals surface area contributed by atoms with Gasteiger partial charge in [0.1, 0.15) is 0 Å². The summed E-state index contributed by atoms with van der Waals surface area (Å²) in [6.07, 6.45) is 4.03. The number of nitrogens with one attached hydrogen (secondary N) is 1. The fourth-order valence-corrected chi connectivity index (χ4v) is 2.35. The average Bonchev–Trinajstić information content (AvgIpc) is 2.63. The van der Waals surface area contributed by atoms with Crippen LogP contribution in [0.15, 0.2) is 12.4 Å². The van der Waals surface area contributed by atoms with Gasteiger partial charge in [0.15, 0.2) is 0 Å². The molecule has 1 fully saturated rings. The van der Waals surface area contributed by atoms with Crippen LogP contribution in [0.5, 0.6) is 0 Å². The highest BCUT2D eigenvalue weighted by atomic mass is 15.3. The number of nitrogens with zero attached hydrogens (tertiary/aromatic N) is 3. The molecule has 1 aliphatic rings. The lowest BCUT2D eigenvalue weighted by atomic mass is 10.0. The molecule has 1 aliphatic heterocycles. The third kappa shape index (κ3) is 3.30. The van der Waals surface area contributed by atoms with Gasteiger partial charge >= 0.3 is 0 Å². The first-order valence-corrected chi connectivity index (χ1v) is 6.42. The third-order valence-corrected chi connectivity index (χ3v) is 3.37. The van der Waals surface area contributed by atoms with E-state index < -0.39 is 0 Å². The predicted molar refractivity (Wildman–Crippen MR) is 70.1 cm³/mol. The van der Waals surface area contributed by atoms with Crippen LogP contribution >= 0.6 is 0 Å². The fourth-order valence-electron chi connectivity index (χ4n) is 2.35. The highest BCUT2D eigenvalue weighted by Crippen LogP contribution is 2.15. The van der Waals surface area contributed by atoms with Crippen LogP contribution in [0.25, 0.3) is 0 Å². The second-order valence-corrected chi connectivity index (χ2v) is 6.01. The van der Waals surface area contributed by atoms with Crippen molar-refractivity contribution in [2.24, 2.45) is 0 Å². The molecule has 0 saturated carbocycles. The van der Waals surface area contributed by atoms with E-state index in [-0.39, 0.29) is 5.54 Å². The Labute approximate surface area is 104 Å². The zero-order chi connectivity index (χ0) is 12.5. The Hall–Kier alpha value is -0.870. The van der Waals surface area contributed by atoms with Gasteiger partial charge in [-0.25, -0.2) is 0 Å². The van der Waals surface area contributed by atoms with E-state index in [2.05, 4.69) is 49.2 Å². The van der Waals surface area contributed by atoms with Gasteiger partial charge in [0.05, 0.1) is 12.7 Å². The Morgan fingerprint density at radius 1 is 1.47 bits per heavy atom. The van der Waals surface area contributed by atoms with Crippen molar-refractivity contribution in [3.63, 3.8) is 0 Å². The van der Waals surface area contributed by atoms with Crippen molar-refractivity contribution in [3.8, 4) is 0 Å². The lowest BCUT2D eigenvalue weighted by Gasteiger charge is -2.42. The molecule has 0 amide bonds. The first-order chi connectivity index (χ1) is 7.95. The van der Waals surface area contributed by atoms with E-state index in [4.69, 9.17) is 0 Å². The SMILES string of the molecule is Cc1cnn(C[C@@H]2CN(C(C)(C)C)CCN2)c1. The van der Waals surface area contributed by atoms with Crippen LogP contribution in [0.4, 0.5) is 0 Å². The lowest BCUT2D eigenvalue weighted by Crippen LogP contribution is -2.57. The molecule has 96 valence electrons.